The summed E-state index contributed by atoms with van der Waals surface area (Å²) in [7, 11) is 0. The van der Waals surface area contributed by atoms with Gasteiger partial charge in [-0.05, 0) is 32.0 Å². The van der Waals surface area contributed by atoms with Gasteiger partial charge in [0.25, 0.3) is 0 Å². The number of hydrogen-bond acceptors (Lipinski definition) is 4. The zero-order chi connectivity index (χ0) is 14.2. The zero-order valence-electron chi connectivity index (χ0n) is 11.8. The summed E-state index contributed by atoms with van der Waals surface area (Å²) in [6.07, 6.45) is 0.900. The van der Waals surface area contributed by atoms with E-state index in [0.29, 0.717) is 13.2 Å². The summed E-state index contributed by atoms with van der Waals surface area (Å²) in [5.41, 5.74) is 6.54. The first kappa shape index (κ1) is 13.1. The van der Waals surface area contributed by atoms with E-state index in [1.807, 2.05) is 24.3 Å². The first-order valence-electron chi connectivity index (χ1n) is 6.79. The second kappa shape index (κ2) is 4.87. The summed E-state index contributed by atoms with van der Waals surface area (Å²) in [6.45, 7) is 4.94. The molecule has 0 radical (unpaired) electrons. The van der Waals surface area contributed by atoms with Gasteiger partial charge in [-0.15, -0.1) is 0 Å². The standard InChI is InChI=1S/C16H19NO3/c1-16(2)8-11-4-3-5-14(15(11)20-16)18-10-13-7-6-12(9-17)19-13/h3-7H,8-10,17H2,1-2H3. The van der Waals surface area contributed by atoms with Gasteiger partial charge in [0.1, 0.15) is 23.7 Å². The number of ether oxygens (including phenoxy) is 2. The predicted octanol–water partition coefficient (Wildman–Crippen LogP) is 3.03. The van der Waals surface area contributed by atoms with Crippen molar-refractivity contribution < 1.29 is 13.9 Å². The molecule has 1 aromatic carbocycles. The van der Waals surface area contributed by atoms with Crippen LogP contribution >= 0.6 is 0 Å². The maximum atomic E-state index is 5.96. The molecule has 0 aliphatic carbocycles. The Hall–Kier alpha value is -1.94. The van der Waals surface area contributed by atoms with Crippen molar-refractivity contribution >= 4 is 0 Å². The van der Waals surface area contributed by atoms with Crippen molar-refractivity contribution in [2.45, 2.75) is 39.0 Å². The first-order chi connectivity index (χ1) is 9.57. The van der Waals surface area contributed by atoms with E-state index in [-0.39, 0.29) is 5.60 Å². The highest BCUT2D eigenvalue weighted by molar-refractivity contribution is 5.50. The van der Waals surface area contributed by atoms with Gasteiger partial charge in [0.05, 0.1) is 6.54 Å². The van der Waals surface area contributed by atoms with E-state index < -0.39 is 0 Å². The van der Waals surface area contributed by atoms with Gasteiger partial charge in [0.15, 0.2) is 11.5 Å². The van der Waals surface area contributed by atoms with E-state index in [4.69, 9.17) is 19.6 Å². The Labute approximate surface area is 118 Å². The number of furan rings is 1. The van der Waals surface area contributed by atoms with E-state index >= 15 is 0 Å². The molecule has 0 bridgehead atoms. The molecule has 20 heavy (non-hydrogen) atoms. The van der Waals surface area contributed by atoms with Crippen molar-refractivity contribution in [3.8, 4) is 11.5 Å². The molecule has 1 aromatic heterocycles. The Morgan fingerprint density at radius 2 is 2.00 bits per heavy atom. The van der Waals surface area contributed by atoms with E-state index in [1.165, 1.54) is 5.56 Å². The van der Waals surface area contributed by atoms with Crippen molar-refractivity contribution in [2.75, 3.05) is 0 Å². The van der Waals surface area contributed by atoms with Crippen LogP contribution in [0.4, 0.5) is 0 Å². The number of nitrogens with two attached hydrogens (primary N) is 1. The van der Waals surface area contributed by atoms with E-state index in [9.17, 15) is 0 Å². The summed E-state index contributed by atoms with van der Waals surface area (Å²) in [5.74, 6) is 3.14. The van der Waals surface area contributed by atoms with Crippen molar-refractivity contribution in [3.05, 3.63) is 47.4 Å². The largest absolute Gasteiger partial charge is 0.483 e. The van der Waals surface area contributed by atoms with Crippen LogP contribution in [0.1, 0.15) is 30.9 Å². The molecule has 0 atom stereocenters. The Bertz CT molecular complexity index is 616. The van der Waals surface area contributed by atoms with Crippen molar-refractivity contribution in [1.82, 2.24) is 0 Å². The second-order valence-corrected chi connectivity index (χ2v) is 5.64. The minimum absolute atomic E-state index is 0.167. The predicted molar refractivity (Wildman–Crippen MR) is 75.8 cm³/mol. The van der Waals surface area contributed by atoms with Crippen LogP contribution < -0.4 is 15.2 Å². The van der Waals surface area contributed by atoms with Gasteiger partial charge >= 0.3 is 0 Å². The molecular formula is C16H19NO3. The third kappa shape index (κ3) is 2.51. The molecule has 0 spiro atoms. The zero-order valence-corrected chi connectivity index (χ0v) is 11.8. The number of fused-ring (bicyclic) bond motifs is 1. The van der Waals surface area contributed by atoms with E-state index in [2.05, 4.69) is 19.9 Å². The van der Waals surface area contributed by atoms with Gasteiger partial charge in [0, 0.05) is 12.0 Å². The minimum atomic E-state index is -0.167. The summed E-state index contributed by atoms with van der Waals surface area (Å²) in [4.78, 5) is 0. The highest BCUT2D eigenvalue weighted by Gasteiger charge is 2.32. The Balaban J connectivity index is 1.75. The normalized spacial score (nSPS) is 15.8. The maximum Gasteiger partial charge on any atom is 0.165 e. The van der Waals surface area contributed by atoms with Crippen LogP contribution in [0.15, 0.2) is 34.7 Å². The summed E-state index contributed by atoms with van der Waals surface area (Å²) in [6, 6.07) is 9.75. The fraction of sp³-hybridized carbons (Fsp3) is 0.375. The number of benzene rings is 1. The third-order valence-electron chi connectivity index (χ3n) is 3.34. The Morgan fingerprint density at radius 1 is 1.20 bits per heavy atom. The lowest BCUT2D eigenvalue weighted by atomic mass is 10.0. The fourth-order valence-corrected chi connectivity index (χ4v) is 2.46. The van der Waals surface area contributed by atoms with Crippen LogP contribution in [-0.4, -0.2) is 5.60 Å². The van der Waals surface area contributed by atoms with E-state index in [0.717, 1.165) is 29.4 Å². The van der Waals surface area contributed by atoms with Crippen LogP contribution in [0.25, 0.3) is 0 Å². The molecule has 0 amide bonds. The molecule has 2 heterocycles. The summed E-state index contributed by atoms with van der Waals surface area (Å²) < 4.78 is 17.3. The molecule has 1 aliphatic rings. The molecule has 0 fully saturated rings. The van der Waals surface area contributed by atoms with Gasteiger partial charge in [-0.25, -0.2) is 0 Å². The van der Waals surface area contributed by atoms with Gasteiger partial charge in [-0.2, -0.15) is 0 Å². The average Bonchev–Trinajstić information content (AvgIpc) is 2.98. The lowest BCUT2D eigenvalue weighted by Gasteiger charge is -2.18. The van der Waals surface area contributed by atoms with Crippen LogP contribution in [0.2, 0.25) is 0 Å². The maximum absolute atomic E-state index is 5.96. The molecule has 2 aromatic rings. The van der Waals surface area contributed by atoms with E-state index in [1.54, 1.807) is 0 Å². The summed E-state index contributed by atoms with van der Waals surface area (Å²) in [5, 5.41) is 0. The average molecular weight is 273 g/mol. The SMILES string of the molecule is CC1(C)Cc2cccc(OCc3ccc(CN)o3)c2O1. The smallest absolute Gasteiger partial charge is 0.165 e. The van der Waals surface area contributed by atoms with Crippen molar-refractivity contribution in [1.29, 1.82) is 0 Å². The van der Waals surface area contributed by atoms with Crippen LogP contribution in [0, 0.1) is 0 Å². The molecule has 0 saturated heterocycles. The van der Waals surface area contributed by atoms with Gasteiger partial charge in [-0.1, -0.05) is 12.1 Å². The van der Waals surface area contributed by atoms with Gasteiger partial charge in [0.2, 0.25) is 0 Å². The highest BCUT2D eigenvalue weighted by atomic mass is 16.5. The molecule has 2 N–H and O–H groups in total. The molecule has 0 saturated carbocycles. The highest BCUT2D eigenvalue weighted by Crippen LogP contribution is 2.41. The first-order valence-corrected chi connectivity index (χ1v) is 6.79. The molecular weight excluding hydrogens is 254 g/mol. The van der Waals surface area contributed by atoms with Crippen LogP contribution in [-0.2, 0) is 19.6 Å². The van der Waals surface area contributed by atoms with Crippen molar-refractivity contribution in [3.63, 3.8) is 0 Å². The monoisotopic (exact) mass is 273 g/mol. The molecule has 4 heteroatoms. The number of hydrogen-bond donors (Lipinski definition) is 1. The van der Waals surface area contributed by atoms with Crippen molar-refractivity contribution in [2.24, 2.45) is 5.73 Å². The Morgan fingerprint density at radius 3 is 2.75 bits per heavy atom. The fourth-order valence-electron chi connectivity index (χ4n) is 2.46. The Kier molecular flexibility index (Phi) is 3.18. The second-order valence-electron chi connectivity index (χ2n) is 5.64. The van der Waals surface area contributed by atoms with Gasteiger partial charge < -0.3 is 19.6 Å². The lowest BCUT2D eigenvalue weighted by Crippen LogP contribution is -2.24. The number of para-hydroxylation sites is 1. The third-order valence-corrected chi connectivity index (χ3v) is 3.34. The molecule has 106 valence electrons. The lowest BCUT2D eigenvalue weighted by molar-refractivity contribution is 0.130. The molecule has 3 rings (SSSR count). The summed E-state index contributed by atoms with van der Waals surface area (Å²) >= 11 is 0. The van der Waals surface area contributed by atoms with Crippen LogP contribution in [0.5, 0.6) is 11.5 Å². The van der Waals surface area contributed by atoms with Gasteiger partial charge in [-0.3, -0.25) is 0 Å². The molecule has 1 aliphatic heterocycles. The minimum Gasteiger partial charge on any atom is -0.483 e. The molecule has 4 nitrogen and oxygen atoms in total. The van der Waals surface area contributed by atoms with Crippen LogP contribution in [0.3, 0.4) is 0 Å². The number of rotatable bonds is 4. The topological polar surface area (TPSA) is 57.6 Å². The quantitative estimate of drug-likeness (QED) is 0.930. The molecule has 0 unspecified atom stereocenters.